The first-order valence-electron chi connectivity index (χ1n) is 6.86. The molecule has 1 atom stereocenters. The van der Waals surface area contributed by atoms with Crippen LogP contribution in [0, 0.1) is 17.8 Å². The zero-order chi connectivity index (χ0) is 13.8. The van der Waals surface area contributed by atoms with E-state index in [-0.39, 0.29) is 5.41 Å². The van der Waals surface area contributed by atoms with Gasteiger partial charge in [-0.1, -0.05) is 37.5 Å². The Bertz CT molecular complexity index is 388. The first kappa shape index (κ1) is 15.1. The van der Waals surface area contributed by atoms with Crippen molar-refractivity contribution < 1.29 is 5.11 Å². The van der Waals surface area contributed by atoms with Crippen LogP contribution in [0.1, 0.15) is 59.8 Å². The molecule has 0 saturated carbocycles. The van der Waals surface area contributed by atoms with E-state index in [1.165, 1.54) is 24.0 Å². The second-order valence-electron chi connectivity index (χ2n) is 6.24. The number of terminal acetylenes is 1. The summed E-state index contributed by atoms with van der Waals surface area (Å²) in [5.74, 6) is 2.43. The van der Waals surface area contributed by atoms with E-state index >= 15 is 0 Å². The third kappa shape index (κ3) is 4.03. The quantitative estimate of drug-likeness (QED) is 0.581. The molecule has 100 valence electrons. The van der Waals surface area contributed by atoms with Gasteiger partial charge in [-0.05, 0) is 56.9 Å². The van der Waals surface area contributed by atoms with Gasteiger partial charge in [-0.15, -0.1) is 6.42 Å². The number of hydrogen-bond acceptors (Lipinski definition) is 1. The van der Waals surface area contributed by atoms with Gasteiger partial charge in [-0.3, -0.25) is 0 Å². The second-order valence-corrected chi connectivity index (χ2v) is 6.24. The molecule has 0 aliphatic heterocycles. The van der Waals surface area contributed by atoms with Crippen molar-refractivity contribution >= 4 is 0 Å². The maximum absolute atomic E-state index is 9.75. The summed E-state index contributed by atoms with van der Waals surface area (Å²) in [7, 11) is 0. The molecule has 0 heterocycles. The fourth-order valence-corrected chi connectivity index (χ4v) is 2.63. The SMILES string of the molecule is C#CC(C)(O)CCC/C=C1\C(C)=CCCC1(C)C. The van der Waals surface area contributed by atoms with Gasteiger partial charge < -0.3 is 5.11 Å². The van der Waals surface area contributed by atoms with E-state index in [2.05, 4.69) is 38.8 Å². The lowest BCUT2D eigenvalue weighted by atomic mass is 9.73. The van der Waals surface area contributed by atoms with Crippen LogP contribution in [0.3, 0.4) is 0 Å². The van der Waals surface area contributed by atoms with Crippen LogP contribution in [0.25, 0.3) is 0 Å². The maximum Gasteiger partial charge on any atom is 0.122 e. The highest BCUT2D eigenvalue weighted by Gasteiger charge is 2.26. The lowest BCUT2D eigenvalue weighted by Gasteiger charge is -2.32. The van der Waals surface area contributed by atoms with Gasteiger partial charge in [0.2, 0.25) is 0 Å². The molecule has 1 nitrogen and oxygen atoms in total. The number of rotatable bonds is 4. The second kappa shape index (κ2) is 5.76. The van der Waals surface area contributed by atoms with E-state index in [9.17, 15) is 5.11 Å². The van der Waals surface area contributed by atoms with Crippen molar-refractivity contribution in [3.05, 3.63) is 23.3 Å². The Morgan fingerprint density at radius 2 is 2.22 bits per heavy atom. The molecule has 1 N–H and O–H groups in total. The maximum atomic E-state index is 9.75. The van der Waals surface area contributed by atoms with Crippen LogP contribution in [0.2, 0.25) is 0 Å². The van der Waals surface area contributed by atoms with E-state index in [1.54, 1.807) is 6.92 Å². The lowest BCUT2D eigenvalue weighted by Crippen LogP contribution is -2.21. The van der Waals surface area contributed by atoms with E-state index in [0.29, 0.717) is 6.42 Å². The smallest absolute Gasteiger partial charge is 0.122 e. The summed E-state index contributed by atoms with van der Waals surface area (Å²) in [6.07, 6.45) is 14.9. The van der Waals surface area contributed by atoms with Crippen molar-refractivity contribution in [2.75, 3.05) is 0 Å². The molecule has 0 fully saturated rings. The summed E-state index contributed by atoms with van der Waals surface area (Å²) in [6, 6.07) is 0. The molecular formula is C17H26O. The molecule has 0 bridgehead atoms. The Labute approximate surface area is 112 Å². The normalized spacial score (nSPS) is 24.2. The topological polar surface area (TPSA) is 20.2 Å². The van der Waals surface area contributed by atoms with E-state index < -0.39 is 5.60 Å². The van der Waals surface area contributed by atoms with E-state index in [1.807, 2.05) is 0 Å². The summed E-state index contributed by atoms with van der Waals surface area (Å²) in [4.78, 5) is 0. The molecule has 0 aromatic rings. The van der Waals surface area contributed by atoms with Crippen LogP contribution >= 0.6 is 0 Å². The van der Waals surface area contributed by atoms with Gasteiger partial charge in [0.15, 0.2) is 0 Å². The molecule has 0 aromatic carbocycles. The molecule has 1 rings (SSSR count). The fourth-order valence-electron chi connectivity index (χ4n) is 2.63. The largest absolute Gasteiger partial charge is 0.378 e. The number of aliphatic hydroxyl groups is 1. The van der Waals surface area contributed by atoms with Gasteiger partial charge >= 0.3 is 0 Å². The highest BCUT2D eigenvalue weighted by molar-refractivity contribution is 5.36. The van der Waals surface area contributed by atoms with Crippen LogP contribution in [-0.4, -0.2) is 10.7 Å². The summed E-state index contributed by atoms with van der Waals surface area (Å²) >= 11 is 0. The van der Waals surface area contributed by atoms with Crippen LogP contribution < -0.4 is 0 Å². The first-order valence-corrected chi connectivity index (χ1v) is 6.86. The summed E-state index contributed by atoms with van der Waals surface area (Å²) in [5, 5.41) is 9.75. The predicted molar refractivity (Wildman–Crippen MR) is 78.2 cm³/mol. The Hall–Kier alpha value is -1.00. The van der Waals surface area contributed by atoms with Gasteiger partial charge in [0.1, 0.15) is 5.60 Å². The summed E-state index contributed by atoms with van der Waals surface area (Å²) in [6.45, 7) is 8.53. The highest BCUT2D eigenvalue weighted by Crippen LogP contribution is 2.40. The lowest BCUT2D eigenvalue weighted by molar-refractivity contribution is 0.110. The van der Waals surface area contributed by atoms with Crippen molar-refractivity contribution in [1.82, 2.24) is 0 Å². The van der Waals surface area contributed by atoms with Crippen molar-refractivity contribution in [2.24, 2.45) is 5.41 Å². The monoisotopic (exact) mass is 246 g/mol. The van der Waals surface area contributed by atoms with Crippen LogP contribution in [0.5, 0.6) is 0 Å². The van der Waals surface area contributed by atoms with Gasteiger partial charge in [0.25, 0.3) is 0 Å². The minimum atomic E-state index is -0.953. The molecule has 1 unspecified atom stereocenters. The first-order chi connectivity index (χ1) is 8.28. The standard InChI is InChI=1S/C17H26O/c1-6-17(5,18)13-8-7-11-15-14(2)10-9-12-16(15,3)4/h1,10-11,18H,7-9,12-13H2,2-5H3/b15-11+. The zero-order valence-electron chi connectivity index (χ0n) is 12.2. The third-order valence-corrected chi connectivity index (χ3v) is 3.90. The minimum absolute atomic E-state index is 0.285. The molecule has 1 aliphatic carbocycles. The molecule has 0 amide bonds. The van der Waals surface area contributed by atoms with Gasteiger partial charge in [0.05, 0.1) is 0 Å². The molecule has 0 radical (unpaired) electrons. The summed E-state index contributed by atoms with van der Waals surface area (Å²) in [5.41, 5.74) is 2.21. The third-order valence-electron chi connectivity index (χ3n) is 3.90. The highest BCUT2D eigenvalue weighted by atomic mass is 16.3. The van der Waals surface area contributed by atoms with Crippen LogP contribution in [0.15, 0.2) is 23.3 Å². The molecule has 0 saturated heterocycles. The van der Waals surface area contributed by atoms with Gasteiger partial charge in [-0.2, -0.15) is 0 Å². The molecule has 1 heteroatoms. The van der Waals surface area contributed by atoms with E-state index in [0.717, 1.165) is 12.8 Å². The van der Waals surface area contributed by atoms with Crippen LogP contribution in [0.4, 0.5) is 0 Å². The minimum Gasteiger partial charge on any atom is -0.378 e. The summed E-state index contributed by atoms with van der Waals surface area (Å²) < 4.78 is 0. The molecular weight excluding hydrogens is 220 g/mol. The fraction of sp³-hybridized carbons (Fsp3) is 0.647. The Morgan fingerprint density at radius 3 is 2.78 bits per heavy atom. The number of hydrogen-bond donors (Lipinski definition) is 1. The van der Waals surface area contributed by atoms with Gasteiger partial charge in [-0.25, -0.2) is 0 Å². The van der Waals surface area contributed by atoms with Crippen LogP contribution in [-0.2, 0) is 0 Å². The Morgan fingerprint density at radius 1 is 1.56 bits per heavy atom. The van der Waals surface area contributed by atoms with Crippen molar-refractivity contribution in [1.29, 1.82) is 0 Å². The predicted octanol–water partition coefficient (Wildman–Crippen LogP) is 4.23. The van der Waals surface area contributed by atoms with E-state index in [4.69, 9.17) is 6.42 Å². The molecule has 18 heavy (non-hydrogen) atoms. The zero-order valence-corrected chi connectivity index (χ0v) is 12.2. The Balaban J connectivity index is 2.59. The number of allylic oxidation sites excluding steroid dienone is 4. The van der Waals surface area contributed by atoms with Crippen molar-refractivity contribution in [3.63, 3.8) is 0 Å². The molecule has 0 spiro atoms. The van der Waals surface area contributed by atoms with Crippen molar-refractivity contribution in [2.45, 2.75) is 65.4 Å². The Kier molecular flexibility index (Phi) is 4.82. The van der Waals surface area contributed by atoms with Gasteiger partial charge in [0, 0.05) is 0 Å². The number of unbranched alkanes of at least 4 members (excludes halogenated alkanes) is 1. The molecule has 1 aliphatic rings. The average molecular weight is 246 g/mol. The molecule has 0 aromatic heterocycles. The van der Waals surface area contributed by atoms with Crippen molar-refractivity contribution in [3.8, 4) is 12.3 Å². The average Bonchev–Trinajstić information content (AvgIpc) is 2.26.